The van der Waals surface area contributed by atoms with Crippen LogP contribution in [0.25, 0.3) is 10.8 Å². The van der Waals surface area contributed by atoms with Gasteiger partial charge in [0, 0.05) is 17.1 Å². The second-order valence-electron chi connectivity index (χ2n) is 5.21. The van der Waals surface area contributed by atoms with Crippen LogP contribution >= 0.6 is 11.6 Å². The molecule has 0 spiro atoms. The van der Waals surface area contributed by atoms with E-state index in [1.807, 2.05) is 31.2 Å². The molecule has 0 radical (unpaired) electrons. The Hall–Kier alpha value is -1.48. The summed E-state index contributed by atoms with van der Waals surface area (Å²) in [5, 5.41) is 5.56. The summed E-state index contributed by atoms with van der Waals surface area (Å²) in [6.45, 7) is 6.10. The minimum absolute atomic E-state index is 0.0113. The van der Waals surface area contributed by atoms with E-state index in [-0.39, 0.29) is 10.9 Å². The van der Waals surface area contributed by atoms with Gasteiger partial charge in [0.1, 0.15) is 11.6 Å². The van der Waals surface area contributed by atoms with Crippen LogP contribution < -0.4 is 10.1 Å². The summed E-state index contributed by atoms with van der Waals surface area (Å²) in [6.07, 6.45) is 1.79. The molecule has 4 heteroatoms. The van der Waals surface area contributed by atoms with E-state index in [0.29, 0.717) is 0 Å². The fraction of sp³-hybridized carbons (Fsp3) is 0.400. The van der Waals surface area contributed by atoms with Crippen molar-refractivity contribution in [2.24, 2.45) is 0 Å². The lowest BCUT2D eigenvalue weighted by atomic mass is 10.0. The molecule has 2 rings (SSSR count). The smallest absolute Gasteiger partial charge is 0.134 e. The number of methoxy groups -OCH3 is 1. The quantitative estimate of drug-likeness (QED) is 0.857. The summed E-state index contributed by atoms with van der Waals surface area (Å²) >= 11 is 6.21. The molecule has 2 aromatic rings. The van der Waals surface area contributed by atoms with Crippen molar-refractivity contribution < 1.29 is 4.74 Å². The highest BCUT2D eigenvalue weighted by Crippen LogP contribution is 2.28. The van der Waals surface area contributed by atoms with Crippen molar-refractivity contribution in [2.75, 3.05) is 12.4 Å². The van der Waals surface area contributed by atoms with Crippen LogP contribution in [-0.4, -0.2) is 23.0 Å². The molecule has 3 nitrogen and oxygen atoms in total. The van der Waals surface area contributed by atoms with E-state index in [4.69, 9.17) is 16.3 Å². The predicted molar refractivity (Wildman–Crippen MR) is 81.3 cm³/mol. The van der Waals surface area contributed by atoms with Crippen molar-refractivity contribution >= 4 is 28.2 Å². The minimum Gasteiger partial charge on any atom is -0.497 e. The third-order valence-electron chi connectivity index (χ3n) is 3.41. The van der Waals surface area contributed by atoms with E-state index in [1.54, 1.807) is 13.3 Å². The first-order valence-electron chi connectivity index (χ1n) is 6.29. The van der Waals surface area contributed by atoms with Crippen LogP contribution in [0.3, 0.4) is 0 Å². The number of aromatic nitrogens is 1. The highest BCUT2D eigenvalue weighted by atomic mass is 35.5. The molecular formula is C15H19ClN2O. The molecule has 0 aliphatic carbocycles. The molecule has 1 heterocycles. The molecule has 0 amide bonds. The van der Waals surface area contributed by atoms with E-state index >= 15 is 0 Å². The molecule has 1 atom stereocenters. The van der Waals surface area contributed by atoms with Gasteiger partial charge in [-0.25, -0.2) is 4.98 Å². The van der Waals surface area contributed by atoms with Crippen LogP contribution in [0.5, 0.6) is 5.75 Å². The molecule has 0 aliphatic rings. The molecule has 19 heavy (non-hydrogen) atoms. The number of fused-ring (bicyclic) bond motifs is 1. The Bertz CT molecular complexity index is 581. The molecule has 0 bridgehead atoms. The van der Waals surface area contributed by atoms with Crippen molar-refractivity contribution in [1.29, 1.82) is 0 Å². The van der Waals surface area contributed by atoms with Crippen LogP contribution in [0.15, 0.2) is 30.5 Å². The van der Waals surface area contributed by atoms with E-state index in [0.717, 1.165) is 22.3 Å². The van der Waals surface area contributed by atoms with Crippen LogP contribution in [0.2, 0.25) is 0 Å². The number of pyridine rings is 1. The maximum absolute atomic E-state index is 6.21. The number of halogens is 1. The first-order valence-corrected chi connectivity index (χ1v) is 6.72. The second kappa shape index (κ2) is 5.25. The topological polar surface area (TPSA) is 34.1 Å². The number of alkyl halides is 1. The average molecular weight is 279 g/mol. The second-order valence-corrected chi connectivity index (χ2v) is 5.86. The van der Waals surface area contributed by atoms with Gasteiger partial charge in [-0.1, -0.05) is 0 Å². The first-order chi connectivity index (χ1) is 8.94. The SMILES string of the molecule is COc1ccc2c(NC(C)(C)C(C)Cl)nccc2c1. The highest BCUT2D eigenvalue weighted by Gasteiger charge is 2.24. The molecule has 0 fully saturated rings. The maximum atomic E-state index is 6.21. The van der Waals surface area contributed by atoms with Crippen LogP contribution in [0, 0.1) is 0 Å². The Morgan fingerprint density at radius 1 is 1.32 bits per heavy atom. The fourth-order valence-electron chi connectivity index (χ4n) is 1.79. The van der Waals surface area contributed by atoms with Gasteiger partial charge in [0.25, 0.3) is 0 Å². The van der Waals surface area contributed by atoms with E-state index < -0.39 is 0 Å². The normalized spacial score (nSPS) is 13.3. The Morgan fingerprint density at radius 3 is 2.68 bits per heavy atom. The number of hydrogen-bond donors (Lipinski definition) is 1. The lowest BCUT2D eigenvalue weighted by Gasteiger charge is -2.30. The zero-order valence-corrected chi connectivity index (χ0v) is 12.5. The molecular weight excluding hydrogens is 260 g/mol. The predicted octanol–water partition coefficient (Wildman–Crippen LogP) is 4.06. The lowest BCUT2D eigenvalue weighted by molar-refractivity contribution is 0.415. The van der Waals surface area contributed by atoms with E-state index in [1.165, 1.54) is 0 Å². The molecule has 0 aliphatic heterocycles. The molecule has 102 valence electrons. The lowest BCUT2D eigenvalue weighted by Crippen LogP contribution is -2.39. The number of nitrogens with one attached hydrogen (secondary N) is 1. The fourth-order valence-corrected chi connectivity index (χ4v) is 1.84. The number of anilines is 1. The third kappa shape index (κ3) is 2.92. The zero-order valence-electron chi connectivity index (χ0n) is 11.7. The van der Waals surface area contributed by atoms with Gasteiger partial charge in [-0.15, -0.1) is 11.6 Å². The van der Waals surface area contributed by atoms with Crippen molar-refractivity contribution in [3.05, 3.63) is 30.5 Å². The van der Waals surface area contributed by atoms with E-state index in [9.17, 15) is 0 Å². The molecule has 0 saturated heterocycles. The van der Waals surface area contributed by atoms with Crippen molar-refractivity contribution in [3.63, 3.8) is 0 Å². The van der Waals surface area contributed by atoms with Crippen LogP contribution in [-0.2, 0) is 0 Å². The summed E-state index contributed by atoms with van der Waals surface area (Å²) < 4.78 is 5.24. The number of hydrogen-bond acceptors (Lipinski definition) is 3. The van der Waals surface area contributed by atoms with Gasteiger partial charge in [-0.05, 0) is 50.4 Å². The highest BCUT2D eigenvalue weighted by molar-refractivity contribution is 6.21. The average Bonchev–Trinajstić information content (AvgIpc) is 2.38. The molecule has 1 unspecified atom stereocenters. The van der Waals surface area contributed by atoms with Crippen molar-refractivity contribution in [3.8, 4) is 5.75 Å². The first kappa shape index (κ1) is 13.9. The maximum Gasteiger partial charge on any atom is 0.134 e. The largest absolute Gasteiger partial charge is 0.497 e. The van der Waals surface area contributed by atoms with Crippen molar-refractivity contribution in [2.45, 2.75) is 31.7 Å². The number of nitrogens with zero attached hydrogens (tertiary/aromatic N) is 1. The minimum atomic E-state index is -0.233. The Balaban J connectivity index is 2.44. The Labute approximate surface area is 118 Å². The van der Waals surface area contributed by atoms with Crippen LogP contribution in [0.4, 0.5) is 5.82 Å². The Morgan fingerprint density at radius 2 is 2.05 bits per heavy atom. The van der Waals surface area contributed by atoms with Gasteiger partial charge in [0.2, 0.25) is 0 Å². The number of rotatable bonds is 4. The van der Waals surface area contributed by atoms with Gasteiger partial charge in [0.05, 0.1) is 12.5 Å². The zero-order chi connectivity index (χ0) is 14.0. The molecule has 1 N–H and O–H groups in total. The van der Waals surface area contributed by atoms with Gasteiger partial charge in [-0.2, -0.15) is 0 Å². The summed E-state index contributed by atoms with van der Waals surface area (Å²) in [4.78, 5) is 4.42. The molecule has 1 aromatic heterocycles. The van der Waals surface area contributed by atoms with Gasteiger partial charge >= 0.3 is 0 Å². The van der Waals surface area contributed by atoms with Gasteiger partial charge < -0.3 is 10.1 Å². The summed E-state index contributed by atoms with van der Waals surface area (Å²) in [6, 6.07) is 7.92. The van der Waals surface area contributed by atoms with Crippen LogP contribution in [0.1, 0.15) is 20.8 Å². The van der Waals surface area contributed by atoms with Gasteiger partial charge in [-0.3, -0.25) is 0 Å². The summed E-state index contributed by atoms with van der Waals surface area (Å²) in [5.41, 5.74) is -0.233. The standard InChI is InChI=1S/C15H19ClN2O/c1-10(16)15(2,3)18-14-13-6-5-12(19-4)9-11(13)7-8-17-14/h5-10H,1-4H3,(H,17,18). The monoisotopic (exact) mass is 278 g/mol. The summed E-state index contributed by atoms with van der Waals surface area (Å²) in [7, 11) is 1.67. The molecule has 0 saturated carbocycles. The number of ether oxygens (including phenoxy) is 1. The number of benzene rings is 1. The third-order valence-corrected chi connectivity index (χ3v) is 3.95. The van der Waals surface area contributed by atoms with Gasteiger partial charge in [0.15, 0.2) is 0 Å². The van der Waals surface area contributed by atoms with Crippen molar-refractivity contribution in [1.82, 2.24) is 4.98 Å². The molecule has 1 aromatic carbocycles. The summed E-state index contributed by atoms with van der Waals surface area (Å²) in [5.74, 6) is 1.69. The Kier molecular flexibility index (Phi) is 3.85. The van der Waals surface area contributed by atoms with E-state index in [2.05, 4.69) is 24.1 Å².